The first-order valence-electron chi connectivity index (χ1n) is 4.23. The van der Waals surface area contributed by atoms with Crippen LogP contribution in [0.4, 0.5) is 8.78 Å². The summed E-state index contributed by atoms with van der Waals surface area (Å²) in [7, 11) is 0. The van der Waals surface area contributed by atoms with Gasteiger partial charge in [0.25, 0.3) is 6.43 Å². The second-order valence-corrected chi connectivity index (χ2v) is 2.61. The van der Waals surface area contributed by atoms with Crippen LogP contribution in [0.1, 0.15) is 29.4 Å². The molecule has 5 nitrogen and oxygen atoms in total. The van der Waals surface area contributed by atoms with E-state index < -0.39 is 24.8 Å². The van der Waals surface area contributed by atoms with Gasteiger partial charge in [-0.15, -0.1) is 0 Å². The van der Waals surface area contributed by atoms with E-state index in [1.165, 1.54) is 0 Å². The van der Waals surface area contributed by atoms with Gasteiger partial charge in [-0.05, 0) is 6.92 Å². The maximum atomic E-state index is 12.5. The average molecular weight is 220 g/mol. The summed E-state index contributed by atoms with van der Waals surface area (Å²) in [4.78, 5) is 11.2. The van der Waals surface area contributed by atoms with Crippen LogP contribution >= 0.6 is 0 Å². The predicted molar refractivity (Wildman–Crippen MR) is 45.4 cm³/mol. The number of carbonyl (C=O) groups excluding carboxylic acids is 1. The standard InChI is InChI=1S/C8H10F2N2O3/c1-2-15-8(14)5-3-11-12(4-13)6(5)7(9)10/h3,7,13H,2,4H2,1H3. The van der Waals surface area contributed by atoms with Gasteiger partial charge in [-0.2, -0.15) is 5.10 Å². The maximum absolute atomic E-state index is 12.5. The molecule has 1 N–H and O–H groups in total. The molecule has 0 aliphatic heterocycles. The highest BCUT2D eigenvalue weighted by atomic mass is 19.3. The van der Waals surface area contributed by atoms with Crippen molar-refractivity contribution in [3.05, 3.63) is 17.5 Å². The number of rotatable bonds is 4. The average Bonchev–Trinajstić information content (AvgIpc) is 2.61. The summed E-state index contributed by atoms with van der Waals surface area (Å²) < 4.78 is 30.3. The van der Waals surface area contributed by atoms with Crippen molar-refractivity contribution in [2.45, 2.75) is 20.1 Å². The van der Waals surface area contributed by atoms with Crippen molar-refractivity contribution in [1.82, 2.24) is 9.78 Å². The number of hydrogen-bond acceptors (Lipinski definition) is 4. The van der Waals surface area contributed by atoms with E-state index in [0.29, 0.717) is 4.68 Å². The summed E-state index contributed by atoms with van der Waals surface area (Å²) in [5, 5.41) is 12.2. The Hall–Kier alpha value is -1.50. The number of aliphatic hydroxyl groups excluding tert-OH is 1. The topological polar surface area (TPSA) is 64.3 Å². The summed E-state index contributed by atoms with van der Waals surface area (Å²) in [6.45, 7) is 0.946. The zero-order valence-electron chi connectivity index (χ0n) is 7.98. The van der Waals surface area contributed by atoms with E-state index in [4.69, 9.17) is 5.11 Å². The molecule has 0 fully saturated rings. The van der Waals surface area contributed by atoms with Gasteiger partial charge in [-0.25, -0.2) is 18.3 Å². The molecule has 0 saturated carbocycles. The molecule has 1 rings (SSSR count). The number of hydrogen-bond donors (Lipinski definition) is 1. The van der Waals surface area contributed by atoms with Gasteiger partial charge >= 0.3 is 5.97 Å². The first kappa shape index (κ1) is 11.6. The van der Waals surface area contributed by atoms with Crippen molar-refractivity contribution in [2.75, 3.05) is 6.61 Å². The van der Waals surface area contributed by atoms with Crippen LogP contribution in [0.3, 0.4) is 0 Å². The molecule has 0 unspecified atom stereocenters. The molecule has 1 aromatic heterocycles. The smallest absolute Gasteiger partial charge is 0.341 e. The van der Waals surface area contributed by atoms with E-state index >= 15 is 0 Å². The highest BCUT2D eigenvalue weighted by molar-refractivity contribution is 5.90. The Morgan fingerprint density at radius 2 is 2.40 bits per heavy atom. The molecule has 7 heteroatoms. The van der Waals surface area contributed by atoms with Crippen LogP contribution in [-0.2, 0) is 11.5 Å². The Kier molecular flexibility index (Phi) is 3.73. The molecule has 1 aromatic rings. The van der Waals surface area contributed by atoms with E-state index in [1.54, 1.807) is 6.92 Å². The quantitative estimate of drug-likeness (QED) is 0.767. The molecule has 0 aromatic carbocycles. The Bertz CT molecular complexity index is 352. The second kappa shape index (κ2) is 4.83. The Balaban J connectivity index is 3.07. The molecular formula is C8H10F2N2O3. The second-order valence-electron chi connectivity index (χ2n) is 2.61. The van der Waals surface area contributed by atoms with Gasteiger partial charge in [-0.1, -0.05) is 0 Å². The van der Waals surface area contributed by atoms with Crippen LogP contribution in [0.25, 0.3) is 0 Å². The van der Waals surface area contributed by atoms with Crippen LogP contribution in [0.2, 0.25) is 0 Å². The van der Waals surface area contributed by atoms with Gasteiger partial charge in [0.2, 0.25) is 0 Å². The van der Waals surface area contributed by atoms with E-state index in [-0.39, 0.29) is 12.2 Å². The van der Waals surface area contributed by atoms with Crippen molar-refractivity contribution >= 4 is 5.97 Å². The molecule has 0 amide bonds. The lowest BCUT2D eigenvalue weighted by molar-refractivity contribution is 0.0511. The largest absolute Gasteiger partial charge is 0.462 e. The molecule has 0 bridgehead atoms. The van der Waals surface area contributed by atoms with Gasteiger partial charge in [-0.3, -0.25) is 0 Å². The van der Waals surface area contributed by atoms with Crippen LogP contribution in [-0.4, -0.2) is 27.5 Å². The molecule has 1 heterocycles. The first-order valence-corrected chi connectivity index (χ1v) is 4.23. The van der Waals surface area contributed by atoms with Crippen LogP contribution < -0.4 is 0 Å². The minimum Gasteiger partial charge on any atom is -0.462 e. The monoisotopic (exact) mass is 220 g/mol. The molecule has 0 aliphatic rings. The van der Waals surface area contributed by atoms with E-state index in [0.717, 1.165) is 6.20 Å². The zero-order chi connectivity index (χ0) is 11.4. The van der Waals surface area contributed by atoms with Gasteiger partial charge in [0.15, 0.2) is 0 Å². The number of aliphatic hydroxyl groups is 1. The van der Waals surface area contributed by atoms with Gasteiger partial charge < -0.3 is 9.84 Å². The van der Waals surface area contributed by atoms with E-state index in [2.05, 4.69) is 9.84 Å². The van der Waals surface area contributed by atoms with Crippen LogP contribution in [0.5, 0.6) is 0 Å². The number of nitrogens with zero attached hydrogens (tertiary/aromatic N) is 2. The van der Waals surface area contributed by atoms with Crippen molar-refractivity contribution < 1.29 is 23.4 Å². The maximum Gasteiger partial charge on any atom is 0.341 e. The highest BCUT2D eigenvalue weighted by Crippen LogP contribution is 2.23. The Morgan fingerprint density at radius 3 is 2.87 bits per heavy atom. The molecule has 0 atom stereocenters. The normalized spacial score (nSPS) is 10.7. The van der Waals surface area contributed by atoms with E-state index in [9.17, 15) is 13.6 Å². The number of alkyl halides is 2. The first-order chi connectivity index (χ1) is 7.11. The Labute approximate surface area is 84.3 Å². The number of esters is 1. The Morgan fingerprint density at radius 1 is 1.73 bits per heavy atom. The fourth-order valence-corrected chi connectivity index (χ4v) is 1.10. The number of carbonyl (C=O) groups is 1. The molecule has 84 valence electrons. The number of halogens is 2. The molecule has 0 radical (unpaired) electrons. The number of ether oxygens (including phenoxy) is 1. The molecule has 0 spiro atoms. The third-order valence-electron chi connectivity index (χ3n) is 1.72. The van der Waals surface area contributed by atoms with Crippen molar-refractivity contribution in [2.24, 2.45) is 0 Å². The highest BCUT2D eigenvalue weighted by Gasteiger charge is 2.24. The lowest BCUT2D eigenvalue weighted by Crippen LogP contribution is -2.11. The van der Waals surface area contributed by atoms with Crippen molar-refractivity contribution in [1.29, 1.82) is 0 Å². The van der Waals surface area contributed by atoms with Gasteiger partial charge in [0, 0.05) is 0 Å². The molecule has 0 aliphatic carbocycles. The molecule has 15 heavy (non-hydrogen) atoms. The molecule has 0 saturated heterocycles. The third-order valence-corrected chi connectivity index (χ3v) is 1.72. The predicted octanol–water partition coefficient (Wildman–Crippen LogP) is 0.947. The van der Waals surface area contributed by atoms with Gasteiger partial charge in [0.05, 0.1) is 12.8 Å². The summed E-state index contributed by atoms with van der Waals surface area (Å²) in [5.74, 6) is -0.868. The fourth-order valence-electron chi connectivity index (χ4n) is 1.10. The van der Waals surface area contributed by atoms with Crippen LogP contribution in [0, 0.1) is 0 Å². The summed E-state index contributed by atoms with van der Waals surface area (Å²) in [6.07, 6.45) is -1.94. The van der Waals surface area contributed by atoms with Crippen molar-refractivity contribution in [3.63, 3.8) is 0 Å². The number of aromatic nitrogens is 2. The fraction of sp³-hybridized carbons (Fsp3) is 0.500. The minimum atomic E-state index is -2.89. The molecular weight excluding hydrogens is 210 g/mol. The SMILES string of the molecule is CCOC(=O)c1cnn(CO)c1C(F)F. The van der Waals surface area contributed by atoms with E-state index in [1.807, 2.05) is 0 Å². The van der Waals surface area contributed by atoms with Gasteiger partial charge in [0.1, 0.15) is 18.0 Å². The zero-order valence-corrected chi connectivity index (χ0v) is 7.98. The lowest BCUT2D eigenvalue weighted by atomic mass is 10.2. The van der Waals surface area contributed by atoms with Crippen LogP contribution in [0.15, 0.2) is 6.20 Å². The lowest BCUT2D eigenvalue weighted by Gasteiger charge is -2.05. The summed E-state index contributed by atoms with van der Waals surface area (Å²) in [5.41, 5.74) is -0.947. The minimum absolute atomic E-state index is 0.0891. The summed E-state index contributed by atoms with van der Waals surface area (Å²) >= 11 is 0. The third kappa shape index (κ3) is 2.30. The summed E-state index contributed by atoms with van der Waals surface area (Å²) in [6, 6.07) is 0. The van der Waals surface area contributed by atoms with Crippen molar-refractivity contribution in [3.8, 4) is 0 Å².